The molecule has 1 saturated carbocycles. The van der Waals surface area contributed by atoms with Gasteiger partial charge in [-0.3, -0.25) is 14.9 Å². The maximum absolute atomic E-state index is 12.6. The molecule has 2 aliphatic rings. The maximum atomic E-state index is 12.6. The lowest BCUT2D eigenvalue weighted by molar-refractivity contribution is -0.384. The summed E-state index contributed by atoms with van der Waals surface area (Å²) in [6.45, 7) is 0.926. The van der Waals surface area contributed by atoms with Crippen LogP contribution in [-0.2, 0) is 4.79 Å². The number of rotatable bonds is 3. The second-order valence-electron chi connectivity index (χ2n) is 5.91. The molecule has 0 aromatic heterocycles. The van der Waals surface area contributed by atoms with Gasteiger partial charge in [-0.1, -0.05) is 6.42 Å². The van der Waals surface area contributed by atoms with Gasteiger partial charge in [-0.25, -0.2) is 0 Å². The first-order valence-corrected chi connectivity index (χ1v) is 7.33. The van der Waals surface area contributed by atoms with Crippen molar-refractivity contribution in [3.8, 4) is 0 Å². The molecular formula is C15H19N3O3. The van der Waals surface area contributed by atoms with Crippen LogP contribution in [0.5, 0.6) is 0 Å². The number of likely N-dealkylation sites (N-methyl/N-ethyl adjacent to an activating group) is 1. The van der Waals surface area contributed by atoms with E-state index in [4.69, 9.17) is 0 Å². The molecule has 6 nitrogen and oxygen atoms in total. The molecule has 1 aliphatic heterocycles. The molecule has 1 saturated heterocycles. The van der Waals surface area contributed by atoms with Gasteiger partial charge < -0.3 is 10.2 Å². The molecular weight excluding hydrogens is 270 g/mol. The molecule has 1 aromatic rings. The van der Waals surface area contributed by atoms with Crippen LogP contribution < -0.4 is 10.2 Å². The zero-order valence-corrected chi connectivity index (χ0v) is 12.0. The van der Waals surface area contributed by atoms with Gasteiger partial charge in [-0.05, 0) is 43.4 Å². The molecule has 2 fully saturated rings. The SMILES string of the molecule is CN(C(=O)C1NCC2CCCC21)c1ccc([N+](=O)[O-])cc1. The summed E-state index contributed by atoms with van der Waals surface area (Å²) in [5.41, 5.74) is 0.725. The van der Waals surface area contributed by atoms with E-state index in [9.17, 15) is 14.9 Å². The van der Waals surface area contributed by atoms with Crippen molar-refractivity contribution in [1.29, 1.82) is 0 Å². The quantitative estimate of drug-likeness (QED) is 0.681. The fourth-order valence-corrected chi connectivity index (χ4v) is 3.59. The molecule has 0 radical (unpaired) electrons. The van der Waals surface area contributed by atoms with E-state index in [1.807, 2.05) is 0 Å². The monoisotopic (exact) mass is 289 g/mol. The average molecular weight is 289 g/mol. The van der Waals surface area contributed by atoms with E-state index < -0.39 is 4.92 Å². The molecule has 0 bridgehead atoms. The summed E-state index contributed by atoms with van der Waals surface area (Å²) in [5, 5.41) is 14.0. The number of benzene rings is 1. The minimum Gasteiger partial charge on any atom is -0.314 e. The summed E-state index contributed by atoms with van der Waals surface area (Å²) in [7, 11) is 1.73. The molecule has 3 atom stereocenters. The number of nitro groups is 1. The van der Waals surface area contributed by atoms with Gasteiger partial charge in [-0.15, -0.1) is 0 Å². The van der Waals surface area contributed by atoms with Gasteiger partial charge in [-0.2, -0.15) is 0 Å². The highest BCUT2D eigenvalue weighted by molar-refractivity contribution is 5.97. The van der Waals surface area contributed by atoms with E-state index in [1.54, 1.807) is 24.1 Å². The number of hydrogen-bond donors (Lipinski definition) is 1. The molecule has 6 heteroatoms. The van der Waals surface area contributed by atoms with Crippen LogP contribution in [0.15, 0.2) is 24.3 Å². The standard InChI is InChI=1S/C15H19N3O3/c1-17(11-5-7-12(8-6-11)18(20)21)15(19)14-13-4-2-3-10(13)9-16-14/h5-8,10,13-14,16H,2-4,9H2,1H3. The summed E-state index contributed by atoms with van der Waals surface area (Å²) < 4.78 is 0. The number of nitrogens with one attached hydrogen (secondary N) is 1. The van der Waals surface area contributed by atoms with Crippen LogP contribution in [0, 0.1) is 22.0 Å². The molecule has 1 heterocycles. The van der Waals surface area contributed by atoms with Crippen molar-refractivity contribution in [2.24, 2.45) is 11.8 Å². The first kappa shape index (κ1) is 14.0. The lowest BCUT2D eigenvalue weighted by Crippen LogP contribution is -2.44. The Morgan fingerprint density at radius 3 is 2.71 bits per heavy atom. The zero-order valence-electron chi connectivity index (χ0n) is 12.0. The first-order chi connectivity index (χ1) is 10.1. The topological polar surface area (TPSA) is 75.5 Å². The largest absolute Gasteiger partial charge is 0.314 e. The fraction of sp³-hybridized carbons (Fsp3) is 0.533. The van der Waals surface area contributed by atoms with Gasteiger partial charge in [0.05, 0.1) is 11.0 Å². The number of hydrogen-bond acceptors (Lipinski definition) is 4. The summed E-state index contributed by atoms with van der Waals surface area (Å²) in [6.07, 6.45) is 3.53. The molecule has 3 rings (SSSR count). The minimum atomic E-state index is -0.437. The van der Waals surface area contributed by atoms with Crippen LogP contribution in [0.1, 0.15) is 19.3 Å². The van der Waals surface area contributed by atoms with Crippen LogP contribution in [0.4, 0.5) is 11.4 Å². The molecule has 3 unspecified atom stereocenters. The summed E-state index contributed by atoms with van der Waals surface area (Å²) in [6, 6.07) is 5.99. The number of amides is 1. The van der Waals surface area contributed by atoms with Gasteiger partial charge in [0.1, 0.15) is 0 Å². The lowest BCUT2D eigenvalue weighted by Gasteiger charge is -2.24. The summed E-state index contributed by atoms with van der Waals surface area (Å²) in [4.78, 5) is 24.5. The van der Waals surface area contributed by atoms with E-state index in [2.05, 4.69) is 5.32 Å². The Morgan fingerprint density at radius 2 is 2.05 bits per heavy atom. The Morgan fingerprint density at radius 1 is 1.33 bits per heavy atom. The van der Waals surface area contributed by atoms with Gasteiger partial charge in [0.2, 0.25) is 5.91 Å². The predicted octanol–water partition coefficient (Wildman–Crippen LogP) is 1.95. The Labute approximate surface area is 123 Å². The Bertz CT molecular complexity index is 558. The van der Waals surface area contributed by atoms with Crippen LogP contribution >= 0.6 is 0 Å². The predicted molar refractivity (Wildman–Crippen MR) is 79.1 cm³/mol. The van der Waals surface area contributed by atoms with Crippen molar-refractivity contribution in [1.82, 2.24) is 5.32 Å². The highest BCUT2D eigenvalue weighted by atomic mass is 16.6. The number of nitrogens with zero attached hydrogens (tertiary/aromatic N) is 2. The highest BCUT2D eigenvalue weighted by Crippen LogP contribution is 2.38. The Kier molecular flexibility index (Phi) is 3.63. The van der Waals surface area contributed by atoms with Crippen LogP contribution in [0.25, 0.3) is 0 Å². The molecule has 112 valence electrons. The van der Waals surface area contributed by atoms with Gasteiger partial charge >= 0.3 is 0 Å². The van der Waals surface area contributed by atoms with Crippen molar-refractivity contribution in [2.45, 2.75) is 25.3 Å². The zero-order chi connectivity index (χ0) is 15.0. The van der Waals surface area contributed by atoms with Crippen molar-refractivity contribution >= 4 is 17.3 Å². The van der Waals surface area contributed by atoms with E-state index in [1.165, 1.54) is 25.0 Å². The third kappa shape index (κ3) is 2.51. The molecule has 0 spiro atoms. The normalized spacial score (nSPS) is 27.4. The summed E-state index contributed by atoms with van der Waals surface area (Å²) >= 11 is 0. The van der Waals surface area contributed by atoms with Crippen molar-refractivity contribution in [2.75, 3.05) is 18.5 Å². The average Bonchev–Trinajstić information content (AvgIpc) is 3.08. The van der Waals surface area contributed by atoms with E-state index in [0.29, 0.717) is 17.5 Å². The van der Waals surface area contributed by atoms with Crippen LogP contribution in [0.3, 0.4) is 0 Å². The van der Waals surface area contributed by atoms with Crippen molar-refractivity contribution in [3.63, 3.8) is 0 Å². The van der Waals surface area contributed by atoms with Crippen molar-refractivity contribution < 1.29 is 9.72 Å². The van der Waals surface area contributed by atoms with Crippen LogP contribution in [0.2, 0.25) is 0 Å². The molecule has 1 amide bonds. The number of carbonyl (C=O) groups excluding carboxylic acids is 1. The number of nitro benzene ring substituents is 1. The number of fused-ring (bicyclic) bond motifs is 1. The fourth-order valence-electron chi connectivity index (χ4n) is 3.59. The maximum Gasteiger partial charge on any atom is 0.269 e. The second-order valence-corrected chi connectivity index (χ2v) is 5.91. The number of carbonyl (C=O) groups is 1. The summed E-state index contributed by atoms with van der Waals surface area (Å²) in [5.74, 6) is 1.13. The first-order valence-electron chi connectivity index (χ1n) is 7.33. The molecule has 1 N–H and O–H groups in total. The van der Waals surface area contributed by atoms with E-state index in [-0.39, 0.29) is 17.6 Å². The van der Waals surface area contributed by atoms with Gasteiger partial charge in [0.25, 0.3) is 5.69 Å². The van der Waals surface area contributed by atoms with Gasteiger partial charge in [0, 0.05) is 24.9 Å². The van der Waals surface area contributed by atoms with Crippen molar-refractivity contribution in [3.05, 3.63) is 34.4 Å². The second kappa shape index (κ2) is 5.44. The lowest BCUT2D eigenvalue weighted by atomic mass is 9.93. The van der Waals surface area contributed by atoms with E-state index in [0.717, 1.165) is 13.0 Å². The third-order valence-electron chi connectivity index (χ3n) is 4.79. The van der Waals surface area contributed by atoms with Gasteiger partial charge in [0.15, 0.2) is 0 Å². The minimum absolute atomic E-state index is 0.0365. The molecule has 21 heavy (non-hydrogen) atoms. The highest BCUT2D eigenvalue weighted by Gasteiger charge is 2.43. The van der Waals surface area contributed by atoms with Crippen LogP contribution in [-0.4, -0.2) is 30.5 Å². The number of anilines is 1. The van der Waals surface area contributed by atoms with E-state index >= 15 is 0 Å². The Balaban J connectivity index is 1.73. The molecule has 1 aromatic carbocycles. The Hall–Kier alpha value is -1.95. The molecule has 1 aliphatic carbocycles. The number of non-ortho nitro benzene ring substituents is 1. The third-order valence-corrected chi connectivity index (χ3v) is 4.79. The smallest absolute Gasteiger partial charge is 0.269 e.